The highest BCUT2D eigenvalue weighted by atomic mass is 79.9. The maximum atomic E-state index is 10.9. The van der Waals surface area contributed by atoms with Gasteiger partial charge in [-0.25, -0.2) is 0 Å². The SMILES string of the molecule is CC(=O)N(C)CCc1cccc(Br)c1. The first-order chi connectivity index (χ1) is 6.59. The molecule has 0 N–H and O–H groups in total. The third-order valence-electron chi connectivity index (χ3n) is 2.16. The monoisotopic (exact) mass is 255 g/mol. The van der Waals surface area contributed by atoms with Crippen LogP contribution in [0, 0.1) is 0 Å². The first kappa shape index (κ1) is 11.2. The molecule has 1 amide bonds. The molecule has 0 spiro atoms. The zero-order valence-corrected chi connectivity index (χ0v) is 10.0. The van der Waals surface area contributed by atoms with Crippen LogP contribution < -0.4 is 0 Å². The van der Waals surface area contributed by atoms with Gasteiger partial charge in [0, 0.05) is 25.0 Å². The molecule has 14 heavy (non-hydrogen) atoms. The van der Waals surface area contributed by atoms with E-state index in [4.69, 9.17) is 0 Å². The normalized spacial score (nSPS) is 9.93. The first-order valence-electron chi connectivity index (χ1n) is 4.56. The number of carbonyl (C=O) groups excluding carboxylic acids is 1. The van der Waals surface area contributed by atoms with Crippen molar-refractivity contribution in [2.75, 3.05) is 13.6 Å². The molecular formula is C11H14BrNO. The zero-order chi connectivity index (χ0) is 10.6. The third-order valence-corrected chi connectivity index (χ3v) is 2.66. The molecule has 0 bridgehead atoms. The van der Waals surface area contributed by atoms with E-state index < -0.39 is 0 Å². The Morgan fingerprint density at radius 2 is 2.21 bits per heavy atom. The van der Waals surface area contributed by atoms with Crippen LogP contribution >= 0.6 is 15.9 Å². The van der Waals surface area contributed by atoms with Gasteiger partial charge in [-0.1, -0.05) is 28.1 Å². The lowest BCUT2D eigenvalue weighted by atomic mass is 10.1. The number of nitrogens with zero attached hydrogens (tertiary/aromatic N) is 1. The van der Waals surface area contributed by atoms with E-state index in [9.17, 15) is 4.79 Å². The van der Waals surface area contributed by atoms with Gasteiger partial charge in [0.1, 0.15) is 0 Å². The Hall–Kier alpha value is -0.830. The summed E-state index contributed by atoms with van der Waals surface area (Å²) in [6, 6.07) is 8.15. The molecule has 0 heterocycles. The molecule has 0 radical (unpaired) electrons. The summed E-state index contributed by atoms with van der Waals surface area (Å²) in [4.78, 5) is 12.7. The lowest BCUT2D eigenvalue weighted by molar-refractivity contribution is -0.127. The van der Waals surface area contributed by atoms with Gasteiger partial charge in [-0.15, -0.1) is 0 Å². The quantitative estimate of drug-likeness (QED) is 0.813. The van der Waals surface area contributed by atoms with Crippen LogP contribution in [0.2, 0.25) is 0 Å². The van der Waals surface area contributed by atoms with Crippen molar-refractivity contribution in [1.82, 2.24) is 4.90 Å². The van der Waals surface area contributed by atoms with Gasteiger partial charge >= 0.3 is 0 Å². The van der Waals surface area contributed by atoms with Crippen LogP contribution in [0.25, 0.3) is 0 Å². The summed E-state index contributed by atoms with van der Waals surface area (Å²) < 4.78 is 1.08. The summed E-state index contributed by atoms with van der Waals surface area (Å²) >= 11 is 3.42. The minimum atomic E-state index is 0.111. The van der Waals surface area contributed by atoms with Gasteiger partial charge in [0.05, 0.1) is 0 Å². The van der Waals surface area contributed by atoms with Crippen molar-refractivity contribution in [3.63, 3.8) is 0 Å². The first-order valence-corrected chi connectivity index (χ1v) is 5.35. The van der Waals surface area contributed by atoms with Crippen molar-refractivity contribution in [3.8, 4) is 0 Å². The standard InChI is InChI=1S/C11H14BrNO/c1-9(14)13(2)7-6-10-4-3-5-11(12)8-10/h3-5,8H,6-7H2,1-2H3. The van der Waals surface area contributed by atoms with Gasteiger partial charge in [0.15, 0.2) is 0 Å². The number of likely N-dealkylation sites (N-methyl/N-ethyl adjacent to an activating group) is 1. The molecular weight excluding hydrogens is 242 g/mol. The van der Waals surface area contributed by atoms with Crippen molar-refractivity contribution >= 4 is 21.8 Å². The summed E-state index contributed by atoms with van der Waals surface area (Å²) in [7, 11) is 1.82. The second kappa shape index (κ2) is 5.15. The smallest absolute Gasteiger partial charge is 0.219 e. The van der Waals surface area contributed by atoms with Crippen molar-refractivity contribution < 1.29 is 4.79 Å². The van der Waals surface area contributed by atoms with Crippen LogP contribution in [-0.2, 0) is 11.2 Å². The number of hydrogen-bond donors (Lipinski definition) is 0. The molecule has 0 aromatic heterocycles. The van der Waals surface area contributed by atoms with E-state index in [2.05, 4.69) is 28.1 Å². The molecule has 1 rings (SSSR count). The minimum absolute atomic E-state index is 0.111. The fraction of sp³-hybridized carbons (Fsp3) is 0.364. The predicted molar refractivity (Wildman–Crippen MR) is 61.2 cm³/mol. The molecule has 0 unspecified atom stereocenters. The zero-order valence-electron chi connectivity index (χ0n) is 8.46. The molecule has 0 aliphatic carbocycles. The summed E-state index contributed by atoms with van der Waals surface area (Å²) in [5.74, 6) is 0.111. The molecule has 0 aliphatic rings. The van der Waals surface area contributed by atoms with Crippen LogP contribution in [-0.4, -0.2) is 24.4 Å². The molecule has 2 nitrogen and oxygen atoms in total. The number of carbonyl (C=O) groups is 1. The van der Waals surface area contributed by atoms with Crippen LogP contribution in [0.4, 0.5) is 0 Å². The Bertz CT molecular complexity index is 325. The number of benzene rings is 1. The number of amides is 1. The van der Waals surface area contributed by atoms with Gasteiger partial charge in [0.25, 0.3) is 0 Å². The van der Waals surface area contributed by atoms with Crippen molar-refractivity contribution in [1.29, 1.82) is 0 Å². The fourth-order valence-electron chi connectivity index (χ4n) is 1.15. The van der Waals surface area contributed by atoms with Crippen molar-refractivity contribution in [2.45, 2.75) is 13.3 Å². The summed E-state index contributed by atoms with van der Waals surface area (Å²) in [5, 5.41) is 0. The lowest BCUT2D eigenvalue weighted by Crippen LogP contribution is -2.26. The molecule has 76 valence electrons. The van der Waals surface area contributed by atoms with Gasteiger partial charge in [-0.2, -0.15) is 0 Å². The average molecular weight is 256 g/mol. The van der Waals surface area contributed by atoms with Crippen molar-refractivity contribution in [3.05, 3.63) is 34.3 Å². The van der Waals surface area contributed by atoms with E-state index in [0.29, 0.717) is 0 Å². The molecule has 0 aliphatic heterocycles. The van der Waals surface area contributed by atoms with E-state index in [1.54, 1.807) is 11.8 Å². The largest absolute Gasteiger partial charge is 0.346 e. The van der Waals surface area contributed by atoms with Crippen LogP contribution in [0.3, 0.4) is 0 Å². The molecule has 1 aromatic rings. The maximum Gasteiger partial charge on any atom is 0.219 e. The fourth-order valence-corrected chi connectivity index (χ4v) is 1.59. The Labute approximate surface area is 93.0 Å². The lowest BCUT2D eigenvalue weighted by Gasteiger charge is -2.14. The average Bonchev–Trinajstić information content (AvgIpc) is 2.14. The summed E-state index contributed by atoms with van der Waals surface area (Å²) in [6.07, 6.45) is 0.898. The van der Waals surface area contributed by atoms with Gasteiger partial charge in [-0.05, 0) is 24.1 Å². The number of hydrogen-bond acceptors (Lipinski definition) is 1. The van der Waals surface area contributed by atoms with E-state index >= 15 is 0 Å². The van der Waals surface area contributed by atoms with Crippen LogP contribution in [0.1, 0.15) is 12.5 Å². The third kappa shape index (κ3) is 3.50. The summed E-state index contributed by atoms with van der Waals surface area (Å²) in [5.41, 5.74) is 1.24. The second-order valence-electron chi connectivity index (χ2n) is 3.32. The van der Waals surface area contributed by atoms with Crippen LogP contribution in [0.5, 0.6) is 0 Å². The molecule has 0 fully saturated rings. The van der Waals surface area contributed by atoms with E-state index in [0.717, 1.165) is 17.4 Å². The highest BCUT2D eigenvalue weighted by Crippen LogP contribution is 2.12. The predicted octanol–water partition coefficient (Wildman–Crippen LogP) is 2.47. The van der Waals surface area contributed by atoms with Gasteiger partial charge in [-0.3, -0.25) is 4.79 Å². The Morgan fingerprint density at radius 1 is 1.50 bits per heavy atom. The Morgan fingerprint density at radius 3 is 2.79 bits per heavy atom. The molecule has 1 aromatic carbocycles. The van der Waals surface area contributed by atoms with Gasteiger partial charge in [0.2, 0.25) is 5.91 Å². The number of halogens is 1. The maximum absolute atomic E-state index is 10.9. The highest BCUT2D eigenvalue weighted by Gasteiger charge is 2.01. The van der Waals surface area contributed by atoms with Crippen LogP contribution in [0.15, 0.2) is 28.7 Å². The Kier molecular flexibility index (Phi) is 4.14. The number of rotatable bonds is 3. The van der Waals surface area contributed by atoms with E-state index in [1.165, 1.54) is 5.56 Å². The molecule has 3 heteroatoms. The van der Waals surface area contributed by atoms with E-state index in [1.807, 2.05) is 19.2 Å². The molecule has 0 saturated carbocycles. The molecule has 0 atom stereocenters. The Balaban J connectivity index is 2.49. The van der Waals surface area contributed by atoms with E-state index in [-0.39, 0.29) is 5.91 Å². The minimum Gasteiger partial charge on any atom is -0.346 e. The molecule has 0 saturated heterocycles. The van der Waals surface area contributed by atoms with Crippen molar-refractivity contribution in [2.24, 2.45) is 0 Å². The second-order valence-corrected chi connectivity index (χ2v) is 4.24. The summed E-state index contributed by atoms with van der Waals surface area (Å²) in [6.45, 7) is 2.35. The topological polar surface area (TPSA) is 20.3 Å². The van der Waals surface area contributed by atoms with Gasteiger partial charge < -0.3 is 4.90 Å². The highest BCUT2D eigenvalue weighted by molar-refractivity contribution is 9.10.